The number of sulfonamides is 1. The van der Waals surface area contributed by atoms with Gasteiger partial charge in [0, 0.05) is 51.4 Å². The van der Waals surface area contributed by atoms with Crippen molar-refractivity contribution in [3.63, 3.8) is 0 Å². The number of nitro groups is 1. The third kappa shape index (κ3) is 5.88. The van der Waals surface area contributed by atoms with E-state index in [0.29, 0.717) is 45.0 Å². The summed E-state index contributed by atoms with van der Waals surface area (Å²) in [7, 11) is -3.50. The molecule has 35 heavy (non-hydrogen) atoms. The fraction of sp³-hybridized carbons (Fsp3) is 0.400. The molecule has 2 heterocycles. The van der Waals surface area contributed by atoms with Gasteiger partial charge in [-0.25, -0.2) is 8.42 Å². The fourth-order valence-electron chi connectivity index (χ4n) is 4.51. The molecule has 186 valence electrons. The average Bonchev–Trinajstić information content (AvgIpc) is 3.18. The lowest BCUT2D eigenvalue weighted by Crippen LogP contribution is -2.48. The molecule has 0 atom stereocenters. The maximum absolute atomic E-state index is 12.9. The summed E-state index contributed by atoms with van der Waals surface area (Å²) in [6.07, 6.45) is 7.06. The Labute approximate surface area is 205 Å². The van der Waals surface area contributed by atoms with Crippen LogP contribution in [0.25, 0.3) is 6.08 Å². The molecule has 2 saturated heterocycles. The Morgan fingerprint density at radius 2 is 1.49 bits per heavy atom. The van der Waals surface area contributed by atoms with Gasteiger partial charge in [-0.1, -0.05) is 37.1 Å². The summed E-state index contributed by atoms with van der Waals surface area (Å²) in [5.74, 6) is -0.145. The minimum absolute atomic E-state index is 0.0634. The third-order valence-corrected chi connectivity index (χ3v) is 8.42. The molecule has 0 bridgehead atoms. The van der Waals surface area contributed by atoms with Crippen LogP contribution < -0.4 is 4.90 Å². The first-order chi connectivity index (χ1) is 16.9. The lowest BCUT2D eigenvalue weighted by atomic mass is 10.2. The number of anilines is 1. The normalized spacial score (nSPS) is 17.9. The second-order valence-corrected chi connectivity index (χ2v) is 10.7. The van der Waals surface area contributed by atoms with Gasteiger partial charge < -0.3 is 9.80 Å². The highest BCUT2D eigenvalue weighted by Crippen LogP contribution is 2.28. The molecule has 0 spiro atoms. The number of benzene rings is 2. The van der Waals surface area contributed by atoms with E-state index in [1.807, 2.05) is 4.90 Å². The first-order valence-corrected chi connectivity index (χ1v) is 13.4. The zero-order valence-electron chi connectivity index (χ0n) is 19.6. The van der Waals surface area contributed by atoms with Crippen molar-refractivity contribution in [1.29, 1.82) is 0 Å². The minimum atomic E-state index is -3.50. The zero-order valence-corrected chi connectivity index (χ0v) is 20.4. The summed E-state index contributed by atoms with van der Waals surface area (Å²) in [5, 5.41) is 11.3. The number of nitrogens with zero attached hydrogens (tertiary/aromatic N) is 4. The molecule has 2 fully saturated rings. The van der Waals surface area contributed by atoms with Crippen molar-refractivity contribution in [2.24, 2.45) is 0 Å². The monoisotopic (exact) mass is 498 g/mol. The van der Waals surface area contributed by atoms with Crippen molar-refractivity contribution < 1.29 is 18.1 Å². The smallest absolute Gasteiger partial charge is 0.292 e. The van der Waals surface area contributed by atoms with Gasteiger partial charge in [-0.3, -0.25) is 14.9 Å². The van der Waals surface area contributed by atoms with E-state index >= 15 is 0 Å². The predicted molar refractivity (Wildman–Crippen MR) is 135 cm³/mol. The van der Waals surface area contributed by atoms with Crippen LogP contribution in [0.4, 0.5) is 11.4 Å². The summed E-state index contributed by atoms with van der Waals surface area (Å²) >= 11 is 0. The Morgan fingerprint density at radius 1 is 0.857 bits per heavy atom. The van der Waals surface area contributed by atoms with Gasteiger partial charge in [0.05, 0.1) is 9.82 Å². The van der Waals surface area contributed by atoms with E-state index in [0.717, 1.165) is 31.2 Å². The Kier molecular flexibility index (Phi) is 7.82. The maximum atomic E-state index is 12.9. The van der Waals surface area contributed by atoms with E-state index in [2.05, 4.69) is 0 Å². The van der Waals surface area contributed by atoms with Crippen molar-refractivity contribution in [2.45, 2.75) is 30.6 Å². The second kappa shape index (κ2) is 11.0. The standard InChI is InChI=1S/C25H30N4O5S/c30-25(27-19-17-26(18-20-27)23-7-3-4-8-24(23)29(31)32)14-11-21-9-12-22(13-10-21)35(33,34)28-15-5-1-2-6-16-28/h3-4,7-14H,1-2,5-6,15-20H2. The topological polar surface area (TPSA) is 104 Å². The number of carbonyl (C=O) groups excluding carboxylic acids is 1. The van der Waals surface area contributed by atoms with Crippen molar-refractivity contribution in [3.05, 3.63) is 70.3 Å². The number of piperazine rings is 1. The molecule has 2 aliphatic rings. The van der Waals surface area contributed by atoms with Crippen LogP contribution in [0.1, 0.15) is 31.2 Å². The van der Waals surface area contributed by atoms with Gasteiger partial charge >= 0.3 is 0 Å². The highest BCUT2D eigenvalue weighted by Gasteiger charge is 2.26. The largest absolute Gasteiger partial charge is 0.362 e. The van der Waals surface area contributed by atoms with E-state index in [-0.39, 0.29) is 21.4 Å². The van der Waals surface area contributed by atoms with E-state index in [1.54, 1.807) is 57.7 Å². The van der Waals surface area contributed by atoms with Gasteiger partial charge in [-0.15, -0.1) is 0 Å². The van der Waals surface area contributed by atoms with E-state index in [1.165, 1.54) is 12.1 Å². The molecule has 0 N–H and O–H groups in total. The molecule has 0 aliphatic carbocycles. The molecule has 2 aromatic carbocycles. The quantitative estimate of drug-likeness (QED) is 0.343. The lowest BCUT2D eigenvalue weighted by molar-refractivity contribution is -0.384. The van der Waals surface area contributed by atoms with Crippen LogP contribution in [0.3, 0.4) is 0 Å². The molecular formula is C25H30N4O5S. The molecule has 2 aliphatic heterocycles. The van der Waals surface area contributed by atoms with E-state index in [4.69, 9.17) is 0 Å². The van der Waals surface area contributed by atoms with Crippen molar-refractivity contribution >= 4 is 33.4 Å². The average molecular weight is 499 g/mol. The van der Waals surface area contributed by atoms with Gasteiger partial charge in [-0.05, 0) is 42.7 Å². The fourth-order valence-corrected chi connectivity index (χ4v) is 6.03. The van der Waals surface area contributed by atoms with Crippen LogP contribution in [-0.2, 0) is 14.8 Å². The molecule has 1 amide bonds. The summed E-state index contributed by atoms with van der Waals surface area (Å²) in [6, 6.07) is 13.2. The van der Waals surface area contributed by atoms with E-state index < -0.39 is 10.0 Å². The molecule has 0 radical (unpaired) electrons. The predicted octanol–water partition coefficient (Wildman–Crippen LogP) is 3.52. The SMILES string of the molecule is O=C(C=Cc1ccc(S(=O)(=O)N2CCCCCC2)cc1)N1CCN(c2ccccc2[N+](=O)[O-])CC1. The highest BCUT2D eigenvalue weighted by atomic mass is 32.2. The van der Waals surface area contributed by atoms with Gasteiger partial charge in [-0.2, -0.15) is 4.31 Å². The third-order valence-electron chi connectivity index (χ3n) is 6.51. The minimum Gasteiger partial charge on any atom is -0.362 e. The van der Waals surface area contributed by atoms with Crippen LogP contribution in [0.15, 0.2) is 59.5 Å². The van der Waals surface area contributed by atoms with Gasteiger partial charge in [0.15, 0.2) is 0 Å². The maximum Gasteiger partial charge on any atom is 0.292 e. The molecular weight excluding hydrogens is 468 g/mol. The van der Waals surface area contributed by atoms with Crippen molar-refractivity contribution in [3.8, 4) is 0 Å². The van der Waals surface area contributed by atoms with Crippen molar-refractivity contribution in [1.82, 2.24) is 9.21 Å². The number of carbonyl (C=O) groups is 1. The van der Waals surface area contributed by atoms with Crippen LogP contribution in [0.2, 0.25) is 0 Å². The highest BCUT2D eigenvalue weighted by molar-refractivity contribution is 7.89. The molecule has 0 aromatic heterocycles. The number of nitro benzene ring substituents is 1. The summed E-state index contributed by atoms with van der Waals surface area (Å²) in [4.78, 5) is 27.5. The van der Waals surface area contributed by atoms with E-state index in [9.17, 15) is 23.3 Å². The number of para-hydroxylation sites is 2. The number of hydrogen-bond acceptors (Lipinski definition) is 6. The molecule has 4 rings (SSSR count). The Balaban J connectivity index is 1.34. The second-order valence-electron chi connectivity index (χ2n) is 8.78. The van der Waals surface area contributed by atoms with Crippen LogP contribution in [0, 0.1) is 10.1 Å². The number of amides is 1. The number of hydrogen-bond donors (Lipinski definition) is 0. The van der Waals surface area contributed by atoms with Crippen LogP contribution in [0.5, 0.6) is 0 Å². The van der Waals surface area contributed by atoms with Gasteiger partial charge in [0.25, 0.3) is 5.69 Å². The summed E-state index contributed by atoms with van der Waals surface area (Å²) in [5.41, 5.74) is 1.37. The lowest BCUT2D eigenvalue weighted by Gasteiger charge is -2.35. The van der Waals surface area contributed by atoms with Gasteiger partial charge in [0.1, 0.15) is 5.69 Å². The first-order valence-electron chi connectivity index (χ1n) is 11.9. The molecule has 2 aromatic rings. The first kappa shape index (κ1) is 24.9. The summed E-state index contributed by atoms with van der Waals surface area (Å²) in [6.45, 7) is 3.05. The van der Waals surface area contributed by atoms with Crippen LogP contribution in [-0.4, -0.2) is 67.7 Å². The zero-order chi connectivity index (χ0) is 24.8. The van der Waals surface area contributed by atoms with Crippen LogP contribution >= 0.6 is 0 Å². The summed E-state index contributed by atoms with van der Waals surface area (Å²) < 4.78 is 27.4. The molecule has 0 unspecified atom stereocenters. The Hall–Kier alpha value is -3.24. The molecule has 9 nitrogen and oxygen atoms in total. The Bertz CT molecular complexity index is 1180. The molecule has 0 saturated carbocycles. The van der Waals surface area contributed by atoms with Gasteiger partial charge in [0.2, 0.25) is 15.9 Å². The Morgan fingerprint density at radius 3 is 2.11 bits per heavy atom. The number of rotatable bonds is 6. The van der Waals surface area contributed by atoms with Crippen molar-refractivity contribution in [2.75, 3.05) is 44.2 Å². The molecule has 10 heteroatoms.